The van der Waals surface area contributed by atoms with Gasteiger partial charge in [-0.05, 0) is 18.6 Å². The molecule has 4 aromatic rings. The van der Waals surface area contributed by atoms with E-state index >= 15 is 0 Å². The number of nitrogens with zero attached hydrogens (tertiary/aromatic N) is 2. The lowest BCUT2D eigenvalue weighted by atomic mass is 9.99. The van der Waals surface area contributed by atoms with Crippen LogP contribution in [-0.2, 0) is 9.53 Å². The van der Waals surface area contributed by atoms with Gasteiger partial charge >= 0.3 is 5.97 Å². The Hall–Kier alpha value is -4.26. The third-order valence-electron chi connectivity index (χ3n) is 4.89. The first-order chi connectivity index (χ1) is 15.6. The monoisotopic (exact) mass is 427 g/mol. The van der Waals surface area contributed by atoms with Gasteiger partial charge in [0.1, 0.15) is 23.4 Å². The number of hydrogen-bond donors (Lipinski definition) is 2. The first-order valence-electron chi connectivity index (χ1n) is 10.2. The number of aromatic nitrogens is 2. The van der Waals surface area contributed by atoms with Crippen molar-refractivity contribution in [2.75, 3.05) is 13.2 Å². The topological polar surface area (TPSA) is 101 Å². The van der Waals surface area contributed by atoms with Crippen molar-refractivity contribution in [3.05, 3.63) is 78.5 Å². The Bertz CT molecular complexity index is 1270. The minimum Gasteiger partial charge on any atom is -0.506 e. The van der Waals surface area contributed by atoms with Crippen LogP contribution in [0.25, 0.3) is 33.4 Å². The van der Waals surface area contributed by atoms with Crippen LogP contribution in [0.2, 0.25) is 0 Å². The van der Waals surface area contributed by atoms with Crippen molar-refractivity contribution >= 4 is 22.9 Å². The van der Waals surface area contributed by atoms with E-state index in [1.54, 1.807) is 19.2 Å². The molecule has 0 atom stereocenters. The number of hydrogen-bond acceptors (Lipinski definition) is 6. The van der Waals surface area contributed by atoms with Crippen LogP contribution in [0.4, 0.5) is 0 Å². The smallest absolute Gasteiger partial charge is 0.325 e. The summed E-state index contributed by atoms with van der Waals surface area (Å²) in [5, 5.41) is 13.6. The van der Waals surface area contributed by atoms with E-state index in [0.717, 1.165) is 11.1 Å². The van der Waals surface area contributed by atoms with Crippen molar-refractivity contribution in [3.63, 3.8) is 0 Å². The van der Waals surface area contributed by atoms with Crippen LogP contribution in [0.3, 0.4) is 0 Å². The number of rotatable bonds is 6. The van der Waals surface area contributed by atoms with Crippen LogP contribution in [0.5, 0.6) is 5.75 Å². The van der Waals surface area contributed by atoms with Crippen molar-refractivity contribution in [3.8, 4) is 28.1 Å². The van der Waals surface area contributed by atoms with Crippen LogP contribution in [0.1, 0.15) is 17.3 Å². The summed E-state index contributed by atoms with van der Waals surface area (Å²) in [6.07, 6.45) is 1.63. The fraction of sp³-hybridized carbons (Fsp3) is 0.120. The number of carbonyl (C=O) groups excluding carboxylic acids is 2. The summed E-state index contributed by atoms with van der Waals surface area (Å²) in [6, 6.07) is 20.3. The van der Waals surface area contributed by atoms with E-state index < -0.39 is 11.9 Å². The Morgan fingerprint density at radius 2 is 1.66 bits per heavy atom. The zero-order valence-corrected chi connectivity index (χ0v) is 17.4. The summed E-state index contributed by atoms with van der Waals surface area (Å²) >= 11 is 0. The van der Waals surface area contributed by atoms with Gasteiger partial charge in [-0.2, -0.15) is 0 Å². The molecule has 4 rings (SSSR count). The van der Waals surface area contributed by atoms with Gasteiger partial charge in [0.2, 0.25) is 0 Å². The summed E-state index contributed by atoms with van der Waals surface area (Å²) < 4.78 is 4.87. The van der Waals surface area contributed by atoms with E-state index in [0.29, 0.717) is 16.8 Å². The second-order valence-corrected chi connectivity index (χ2v) is 6.99. The molecular formula is C25H21N3O4. The zero-order chi connectivity index (χ0) is 22.5. The van der Waals surface area contributed by atoms with E-state index in [1.807, 2.05) is 60.7 Å². The van der Waals surface area contributed by atoms with Gasteiger partial charge in [-0.15, -0.1) is 0 Å². The molecule has 7 heteroatoms. The minimum atomic E-state index is -0.641. The molecule has 0 aliphatic rings. The predicted octanol–water partition coefficient (Wildman–Crippen LogP) is 3.96. The molecule has 160 valence electrons. The van der Waals surface area contributed by atoms with E-state index in [4.69, 9.17) is 4.74 Å². The fourth-order valence-corrected chi connectivity index (χ4v) is 3.39. The Kier molecular flexibility index (Phi) is 6.07. The highest BCUT2D eigenvalue weighted by atomic mass is 16.5. The third kappa shape index (κ3) is 4.27. The molecule has 0 saturated carbocycles. The maximum Gasteiger partial charge on any atom is 0.325 e. The van der Waals surface area contributed by atoms with Crippen molar-refractivity contribution < 1.29 is 19.4 Å². The average Bonchev–Trinajstić information content (AvgIpc) is 2.83. The summed E-state index contributed by atoms with van der Waals surface area (Å²) in [7, 11) is 0. The number of aromatic hydroxyl groups is 1. The largest absolute Gasteiger partial charge is 0.506 e. The van der Waals surface area contributed by atoms with Crippen LogP contribution in [0, 0.1) is 0 Å². The van der Waals surface area contributed by atoms with E-state index in [1.165, 1.54) is 0 Å². The molecule has 3 aromatic carbocycles. The number of ether oxygens (including phenoxy) is 1. The second kappa shape index (κ2) is 9.26. The van der Waals surface area contributed by atoms with E-state index in [-0.39, 0.29) is 30.0 Å². The van der Waals surface area contributed by atoms with Gasteiger partial charge in [-0.1, -0.05) is 60.7 Å². The van der Waals surface area contributed by atoms with Crippen molar-refractivity contribution in [2.24, 2.45) is 0 Å². The number of benzene rings is 3. The van der Waals surface area contributed by atoms with Gasteiger partial charge in [0.05, 0.1) is 24.0 Å². The summed E-state index contributed by atoms with van der Waals surface area (Å²) in [6.45, 7) is 1.57. The lowest BCUT2D eigenvalue weighted by molar-refractivity contribution is -0.141. The average molecular weight is 427 g/mol. The lowest BCUT2D eigenvalue weighted by Crippen LogP contribution is -2.31. The summed E-state index contributed by atoms with van der Waals surface area (Å²) in [5.74, 6) is -1.44. The Balaban J connectivity index is 1.86. The van der Waals surface area contributed by atoms with Crippen LogP contribution in [0.15, 0.2) is 72.9 Å². The molecule has 0 aliphatic carbocycles. The standard InChI is InChI=1S/C25H21N3O4/c1-2-32-21(29)15-27-25(31)22-23-19(13-18(24(22)30)16-9-5-3-6-10-16)26-14-20(28-23)17-11-7-4-8-12-17/h3-14,30H,2,15H2,1H3,(H,27,31). The molecule has 0 bridgehead atoms. The molecule has 0 fully saturated rings. The minimum absolute atomic E-state index is 0.0454. The second-order valence-electron chi connectivity index (χ2n) is 6.99. The summed E-state index contributed by atoms with van der Waals surface area (Å²) in [4.78, 5) is 33.9. The number of phenolic OH excluding ortho intramolecular Hbond substituents is 1. The number of nitrogens with one attached hydrogen (secondary N) is 1. The normalized spacial score (nSPS) is 10.7. The zero-order valence-electron chi connectivity index (χ0n) is 17.4. The highest BCUT2D eigenvalue weighted by molar-refractivity contribution is 6.10. The molecule has 7 nitrogen and oxygen atoms in total. The van der Waals surface area contributed by atoms with Gasteiger partial charge in [0.15, 0.2) is 0 Å². The Labute approximate surface area is 184 Å². The molecule has 1 heterocycles. The Morgan fingerprint density at radius 3 is 2.31 bits per heavy atom. The van der Waals surface area contributed by atoms with Crippen molar-refractivity contribution in [1.82, 2.24) is 15.3 Å². The lowest BCUT2D eigenvalue weighted by Gasteiger charge is -2.14. The highest BCUT2D eigenvalue weighted by Crippen LogP contribution is 2.37. The van der Waals surface area contributed by atoms with Gasteiger partial charge in [-0.25, -0.2) is 4.98 Å². The molecule has 0 unspecified atom stereocenters. The summed E-state index contributed by atoms with van der Waals surface area (Å²) in [5.41, 5.74) is 3.20. The number of amides is 1. The first-order valence-corrected chi connectivity index (χ1v) is 10.2. The van der Waals surface area contributed by atoms with Crippen molar-refractivity contribution in [1.29, 1.82) is 0 Å². The molecular weight excluding hydrogens is 406 g/mol. The maximum absolute atomic E-state index is 13.1. The molecule has 32 heavy (non-hydrogen) atoms. The third-order valence-corrected chi connectivity index (χ3v) is 4.89. The maximum atomic E-state index is 13.1. The first kappa shape index (κ1) is 21.0. The van der Waals surface area contributed by atoms with Gasteiger partial charge in [0, 0.05) is 11.1 Å². The van der Waals surface area contributed by atoms with Crippen LogP contribution < -0.4 is 5.32 Å². The SMILES string of the molecule is CCOC(=O)CNC(=O)c1c(O)c(-c2ccccc2)cc2ncc(-c3ccccc3)nc12. The fourth-order valence-electron chi connectivity index (χ4n) is 3.39. The van der Waals surface area contributed by atoms with Gasteiger partial charge in [0.25, 0.3) is 5.91 Å². The van der Waals surface area contributed by atoms with Crippen LogP contribution in [-0.4, -0.2) is 40.1 Å². The van der Waals surface area contributed by atoms with Crippen LogP contribution >= 0.6 is 0 Å². The molecule has 0 spiro atoms. The van der Waals surface area contributed by atoms with E-state index in [2.05, 4.69) is 15.3 Å². The van der Waals surface area contributed by atoms with Crippen molar-refractivity contribution in [2.45, 2.75) is 6.92 Å². The number of phenols is 1. The molecule has 0 aliphatic heterocycles. The Morgan fingerprint density at radius 1 is 1.00 bits per heavy atom. The predicted molar refractivity (Wildman–Crippen MR) is 121 cm³/mol. The quantitative estimate of drug-likeness (QED) is 0.452. The molecule has 0 saturated heterocycles. The van der Waals surface area contributed by atoms with Gasteiger partial charge < -0.3 is 15.2 Å². The molecule has 0 radical (unpaired) electrons. The van der Waals surface area contributed by atoms with E-state index in [9.17, 15) is 14.7 Å². The molecule has 1 amide bonds. The van der Waals surface area contributed by atoms with Gasteiger partial charge in [-0.3, -0.25) is 14.6 Å². The molecule has 1 aromatic heterocycles. The highest BCUT2D eigenvalue weighted by Gasteiger charge is 2.23. The number of esters is 1. The number of carbonyl (C=O) groups is 2. The number of fused-ring (bicyclic) bond motifs is 1. The molecule has 2 N–H and O–H groups in total.